The number of aryl methyl sites for hydroxylation is 1. The number of H-pyrrole nitrogens is 4. The van der Waals surface area contributed by atoms with E-state index in [1.165, 1.54) is 6.20 Å². The smallest absolute Gasteiger partial charge is 0.393 e. The summed E-state index contributed by atoms with van der Waals surface area (Å²) in [6.45, 7) is 1.68. The molecule has 118 valence electrons. The number of pyridine rings is 1. The fraction of sp³-hybridized carbons (Fsp3) is 0.143. The molecule has 0 unspecified atom stereocenters. The van der Waals surface area contributed by atoms with Gasteiger partial charge in [0.25, 0.3) is 5.56 Å². The highest BCUT2D eigenvalue weighted by molar-refractivity contribution is 5.47. The highest BCUT2D eigenvalue weighted by Gasteiger charge is 2.30. The van der Waals surface area contributed by atoms with Crippen molar-refractivity contribution in [1.29, 1.82) is 0 Å². The molecule has 0 aromatic carbocycles. The highest BCUT2D eigenvalue weighted by Crippen LogP contribution is 2.36. The van der Waals surface area contributed by atoms with Crippen molar-refractivity contribution >= 4 is 0 Å². The summed E-state index contributed by atoms with van der Waals surface area (Å²) in [6, 6.07) is 3.32. The van der Waals surface area contributed by atoms with Gasteiger partial charge >= 0.3 is 11.6 Å². The van der Waals surface area contributed by atoms with Crippen LogP contribution in [0.4, 0.5) is 0 Å². The number of aromatic hydroxyl groups is 1. The normalized spacial score (nSPS) is 12.2. The summed E-state index contributed by atoms with van der Waals surface area (Å²) in [7, 11) is 0. The number of nitrogens with one attached hydrogen (secondary N) is 4. The fourth-order valence-corrected chi connectivity index (χ4v) is 2.58. The van der Waals surface area contributed by atoms with Gasteiger partial charge in [0.15, 0.2) is 0 Å². The maximum Gasteiger partial charge on any atom is 0.393 e. The SMILES string of the molecule is Cc1[nH][nH+]c(O)c1[C@@H](c1cccnc1)c1c([O-])[nH]c(=O)[nH]c1=O. The molecule has 23 heavy (non-hydrogen) atoms. The molecule has 3 aromatic rings. The molecule has 5 N–H and O–H groups in total. The van der Waals surface area contributed by atoms with Gasteiger partial charge in [0.1, 0.15) is 5.56 Å². The van der Waals surface area contributed by atoms with E-state index in [0.29, 0.717) is 16.8 Å². The number of aromatic nitrogens is 5. The van der Waals surface area contributed by atoms with Crippen molar-refractivity contribution < 1.29 is 15.3 Å². The second kappa shape index (κ2) is 5.44. The van der Waals surface area contributed by atoms with Crippen LogP contribution >= 0.6 is 0 Å². The summed E-state index contributed by atoms with van der Waals surface area (Å²) in [5, 5.41) is 27.5. The van der Waals surface area contributed by atoms with Gasteiger partial charge in [-0.3, -0.25) is 14.8 Å². The number of hydrogen-bond acceptors (Lipinski definition) is 5. The molecule has 0 radical (unpaired) electrons. The van der Waals surface area contributed by atoms with Crippen molar-refractivity contribution in [3.05, 3.63) is 67.7 Å². The average Bonchev–Trinajstić information content (AvgIpc) is 2.83. The van der Waals surface area contributed by atoms with E-state index in [1.807, 2.05) is 9.97 Å². The van der Waals surface area contributed by atoms with Crippen molar-refractivity contribution in [1.82, 2.24) is 20.1 Å². The van der Waals surface area contributed by atoms with Crippen LogP contribution in [0.25, 0.3) is 0 Å². The van der Waals surface area contributed by atoms with Gasteiger partial charge in [-0.25, -0.2) is 4.79 Å². The molecule has 9 nitrogen and oxygen atoms in total. The maximum absolute atomic E-state index is 12.2. The van der Waals surface area contributed by atoms with Gasteiger partial charge in [-0.05, 0) is 24.4 Å². The van der Waals surface area contributed by atoms with E-state index in [4.69, 9.17) is 0 Å². The minimum Gasteiger partial charge on any atom is -0.860 e. The summed E-state index contributed by atoms with van der Waals surface area (Å²) in [6.07, 6.45) is 3.03. The van der Waals surface area contributed by atoms with Gasteiger partial charge in [-0.1, -0.05) is 11.2 Å². The molecule has 0 aliphatic heterocycles. The Morgan fingerprint density at radius 1 is 1.30 bits per heavy atom. The summed E-state index contributed by atoms with van der Waals surface area (Å²) in [5.41, 5.74) is -0.505. The molecular formula is C14H13N5O4. The Bertz CT molecular complexity index is 938. The van der Waals surface area contributed by atoms with Crippen molar-refractivity contribution in [2.24, 2.45) is 0 Å². The lowest BCUT2D eigenvalue weighted by Crippen LogP contribution is -2.30. The number of rotatable bonds is 3. The average molecular weight is 315 g/mol. The van der Waals surface area contributed by atoms with Crippen molar-refractivity contribution in [3.63, 3.8) is 0 Å². The predicted molar refractivity (Wildman–Crippen MR) is 76.1 cm³/mol. The zero-order chi connectivity index (χ0) is 16.6. The van der Waals surface area contributed by atoms with Gasteiger partial charge in [-0.15, -0.1) is 0 Å². The minimum atomic E-state index is -0.890. The second-order valence-corrected chi connectivity index (χ2v) is 5.01. The lowest BCUT2D eigenvalue weighted by atomic mass is 9.87. The van der Waals surface area contributed by atoms with Crippen LogP contribution in [0.3, 0.4) is 0 Å². The molecule has 0 saturated carbocycles. The fourth-order valence-electron chi connectivity index (χ4n) is 2.58. The van der Waals surface area contributed by atoms with Crippen molar-refractivity contribution in [3.8, 4) is 11.8 Å². The molecule has 9 heteroatoms. The third kappa shape index (κ3) is 2.48. The quantitative estimate of drug-likeness (QED) is 0.482. The lowest BCUT2D eigenvalue weighted by molar-refractivity contribution is -0.462. The number of aromatic amines is 4. The van der Waals surface area contributed by atoms with Crippen LogP contribution in [0.5, 0.6) is 11.8 Å². The Morgan fingerprint density at radius 3 is 2.65 bits per heavy atom. The maximum atomic E-state index is 12.2. The standard InChI is InChI=1S/C14H13N5O4/c1-6-8(13(22)19-18-6)9(7-3-2-4-15-5-7)10-11(20)16-14(23)17-12(10)21/h2-5,9H,1H3,(H2,18,19,22)(H3,16,17,20,21,23)/t9-/m1/s1. The van der Waals surface area contributed by atoms with Gasteiger partial charge in [0, 0.05) is 18.0 Å². The summed E-state index contributed by atoms with van der Waals surface area (Å²) in [4.78, 5) is 31.5. The number of nitrogens with zero attached hydrogens (tertiary/aromatic N) is 1. The summed E-state index contributed by atoms with van der Waals surface area (Å²) < 4.78 is 0. The van der Waals surface area contributed by atoms with E-state index in [1.54, 1.807) is 25.3 Å². The molecule has 0 spiro atoms. The molecule has 1 atom stereocenters. The van der Waals surface area contributed by atoms with Crippen LogP contribution in [-0.2, 0) is 0 Å². The van der Waals surface area contributed by atoms with Gasteiger partial charge < -0.3 is 15.2 Å². The third-order valence-corrected chi connectivity index (χ3v) is 3.57. The molecule has 0 aliphatic carbocycles. The lowest BCUT2D eigenvalue weighted by Gasteiger charge is -2.20. The van der Waals surface area contributed by atoms with E-state index >= 15 is 0 Å². The highest BCUT2D eigenvalue weighted by atomic mass is 16.3. The predicted octanol–water partition coefficient (Wildman–Crippen LogP) is -1.13. The van der Waals surface area contributed by atoms with Crippen LogP contribution < -0.4 is 21.5 Å². The Hall–Kier alpha value is -3.36. The van der Waals surface area contributed by atoms with Crippen LogP contribution in [0.2, 0.25) is 0 Å². The topological polar surface area (TPSA) is 152 Å². The summed E-state index contributed by atoms with van der Waals surface area (Å²) in [5.74, 6) is -1.91. The molecule has 3 heterocycles. The molecular weight excluding hydrogens is 302 g/mol. The second-order valence-electron chi connectivity index (χ2n) is 5.01. The Balaban J connectivity index is 2.35. The van der Waals surface area contributed by atoms with E-state index < -0.39 is 23.0 Å². The Labute approximate surface area is 128 Å². The van der Waals surface area contributed by atoms with Crippen molar-refractivity contribution in [2.75, 3.05) is 0 Å². The zero-order valence-electron chi connectivity index (χ0n) is 12.0. The third-order valence-electron chi connectivity index (χ3n) is 3.57. The first kappa shape index (κ1) is 14.6. The largest absolute Gasteiger partial charge is 0.860 e. The molecule has 0 aliphatic rings. The van der Waals surface area contributed by atoms with E-state index in [9.17, 15) is 19.8 Å². The molecule has 0 amide bonds. The Morgan fingerprint density at radius 2 is 2.09 bits per heavy atom. The molecule has 0 fully saturated rings. The van der Waals surface area contributed by atoms with E-state index in [0.717, 1.165) is 0 Å². The summed E-state index contributed by atoms with van der Waals surface area (Å²) >= 11 is 0. The van der Waals surface area contributed by atoms with Crippen LogP contribution in [0.1, 0.15) is 28.3 Å². The molecule has 3 aromatic heterocycles. The minimum absolute atomic E-state index is 0.205. The van der Waals surface area contributed by atoms with Gasteiger partial charge in [0.05, 0.1) is 11.6 Å². The van der Waals surface area contributed by atoms with Crippen LogP contribution in [0, 0.1) is 6.92 Å². The molecule has 0 saturated heterocycles. The van der Waals surface area contributed by atoms with Gasteiger partial charge in [0.2, 0.25) is 0 Å². The van der Waals surface area contributed by atoms with Crippen LogP contribution in [0.15, 0.2) is 34.1 Å². The first-order chi connectivity index (χ1) is 11.0. The monoisotopic (exact) mass is 315 g/mol. The van der Waals surface area contributed by atoms with E-state index in [-0.39, 0.29) is 11.4 Å². The first-order valence-electron chi connectivity index (χ1n) is 6.71. The number of hydrogen-bond donors (Lipinski definition) is 4. The zero-order valence-corrected chi connectivity index (χ0v) is 12.0. The molecule has 0 bridgehead atoms. The van der Waals surface area contributed by atoms with Gasteiger partial charge in [-0.2, -0.15) is 5.10 Å². The van der Waals surface area contributed by atoms with E-state index in [2.05, 4.69) is 15.2 Å². The Kier molecular flexibility index (Phi) is 3.45. The van der Waals surface area contributed by atoms with Crippen molar-refractivity contribution in [2.45, 2.75) is 12.8 Å². The first-order valence-corrected chi connectivity index (χ1v) is 6.71. The molecule has 3 rings (SSSR count). The van der Waals surface area contributed by atoms with Crippen LogP contribution in [-0.4, -0.2) is 25.2 Å².